The molecule has 1 aromatic heterocycles. The van der Waals surface area contributed by atoms with Gasteiger partial charge in [0.1, 0.15) is 5.56 Å². The van der Waals surface area contributed by atoms with Crippen molar-refractivity contribution in [3.05, 3.63) is 36.0 Å². The molecular formula is C18H21F3N4O3S. The molecule has 0 radical (unpaired) electrons. The van der Waals surface area contributed by atoms with E-state index in [1.54, 1.807) is 10.9 Å². The largest absolute Gasteiger partial charge is 0.501 e. The van der Waals surface area contributed by atoms with Gasteiger partial charge < -0.3 is 11.1 Å². The van der Waals surface area contributed by atoms with Crippen LogP contribution in [0.1, 0.15) is 49.0 Å². The fraction of sp³-hybridized carbons (Fsp3) is 0.444. The van der Waals surface area contributed by atoms with E-state index in [-0.39, 0.29) is 23.1 Å². The molecule has 158 valence electrons. The van der Waals surface area contributed by atoms with Crippen LogP contribution >= 0.6 is 0 Å². The third kappa shape index (κ3) is 4.24. The summed E-state index contributed by atoms with van der Waals surface area (Å²) in [6.07, 6.45) is 5.73. The second-order valence-electron chi connectivity index (χ2n) is 7.16. The van der Waals surface area contributed by atoms with Gasteiger partial charge in [0, 0.05) is 11.9 Å². The van der Waals surface area contributed by atoms with Gasteiger partial charge in [-0.25, -0.2) is 8.42 Å². The van der Waals surface area contributed by atoms with E-state index in [2.05, 4.69) is 17.3 Å². The number of nitrogens with zero attached hydrogens (tertiary/aromatic N) is 2. The van der Waals surface area contributed by atoms with Crippen molar-refractivity contribution < 1.29 is 26.4 Å². The van der Waals surface area contributed by atoms with Crippen molar-refractivity contribution in [1.82, 2.24) is 9.78 Å². The number of anilines is 2. The monoisotopic (exact) mass is 430 g/mol. The first-order valence-corrected chi connectivity index (χ1v) is 10.6. The van der Waals surface area contributed by atoms with Gasteiger partial charge in [-0.2, -0.15) is 18.3 Å². The topological polar surface area (TPSA) is 107 Å². The molecule has 1 saturated carbocycles. The molecule has 3 N–H and O–H groups in total. The van der Waals surface area contributed by atoms with Crippen LogP contribution in [0.25, 0.3) is 0 Å². The lowest BCUT2D eigenvalue weighted by Gasteiger charge is -2.28. The van der Waals surface area contributed by atoms with E-state index in [4.69, 9.17) is 5.73 Å². The normalized spacial score (nSPS) is 20.4. The van der Waals surface area contributed by atoms with Crippen LogP contribution in [0, 0.1) is 5.92 Å². The van der Waals surface area contributed by atoms with E-state index in [1.807, 2.05) is 0 Å². The fourth-order valence-corrected chi connectivity index (χ4v) is 4.27. The molecule has 1 fully saturated rings. The number of amides is 1. The summed E-state index contributed by atoms with van der Waals surface area (Å²) < 4.78 is 62.6. The van der Waals surface area contributed by atoms with Crippen LogP contribution in [0.15, 0.2) is 35.4 Å². The van der Waals surface area contributed by atoms with Crippen molar-refractivity contribution in [3.8, 4) is 0 Å². The van der Waals surface area contributed by atoms with Crippen molar-refractivity contribution in [1.29, 1.82) is 0 Å². The van der Waals surface area contributed by atoms with Gasteiger partial charge >= 0.3 is 5.51 Å². The van der Waals surface area contributed by atoms with Crippen LogP contribution in [-0.4, -0.2) is 29.6 Å². The van der Waals surface area contributed by atoms with Crippen LogP contribution in [0.2, 0.25) is 0 Å². The Morgan fingerprint density at radius 3 is 2.38 bits per heavy atom. The number of carbonyl (C=O) groups is 1. The summed E-state index contributed by atoms with van der Waals surface area (Å²) in [6.45, 7) is 2.11. The van der Waals surface area contributed by atoms with Crippen molar-refractivity contribution in [2.75, 3.05) is 5.32 Å². The standard InChI is InChI=1S/C18H21F3N4O3S/c1-11-4-2-3-5-15(11)25-10-14(16(22)26)17(24-25)23-12-6-8-13(9-7-12)29(27,28)18(19,20)21/h6-11,15H,2-5H2,1H3,(H2,22,26)(H,23,24)/t11-,15-/m0/s1. The van der Waals surface area contributed by atoms with Gasteiger partial charge in [-0.15, -0.1) is 0 Å². The summed E-state index contributed by atoms with van der Waals surface area (Å²) in [7, 11) is -5.43. The maximum absolute atomic E-state index is 12.7. The summed E-state index contributed by atoms with van der Waals surface area (Å²) in [5.74, 6) is -0.149. The SMILES string of the molecule is C[C@H]1CCCC[C@@H]1n1cc(C(N)=O)c(Nc2ccc(S(=O)(=O)C(F)(F)F)cc2)n1. The molecular weight excluding hydrogens is 409 g/mol. The Bertz CT molecular complexity index is 1000. The molecule has 0 spiro atoms. The summed E-state index contributed by atoms with van der Waals surface area (Å²) >= 11 is 0. The molecule has 2 atom stereocenters. The minimum atomic E-state index is -5.43. The number of nitrogens with one attached hydrogen (secondary N) is 1. The van der Waals surface area contributed by atoms with E-state index in [0.29, 0.717) is 5.92 Å². The van der Waals surface area contributed by atoms with Crippen LogP contribution in [0.3, 0.4) is 0 Å². The number of nitrogens with two attached hydrogens (primary N) is 1. The first-order chi connectivity index (χ1) is 13.5. The number of rotatable bonds is 5. The minimum Gasteiger partial charge on any atom is -0.365 e. The maximum atomic E-state index is 12.7. The van der Waals surface area contributed by atoms with E-state index >= 15 is 0 Å². The third-order valence-electron chi connectivity index (χ3n) is 5.14. The smallest absolute Gasteiger partial charge is 0.365 e. The lowest BCUT2D eigenvalue weighted by atomic mass is 9.86. The van der Waals surface area contributed by atoms with Crippen molar-refractivity contribution in [3.63, 3.8) is 0 Å². The maximum Gasteiger partial charge on any atom is 0.501 e. The first kappa shape index (κ1) is 21.2. The molecule has 1 heterocycles. The van der Waals surface area contributed by atoms with Crippen LogP contribution in [0.5, 0.6) is 0 Å². The summed E-state index contributed by atoms with van der Waals surface area (Å²) in [5.41, 5.74) is 0.481. The number of halogens is 3. The van der Waals surface area contributed by atoms with E-state index in [9.17, 15) is 26.4 Å². The average Bonchev–Trinajstić information content (AvgIpc) is 3.05. The molecule has 2 aromatic rings. The molecule has 0 saturated heterocycles. The molecule has 0 aliphatic heterocycles. The minimum absolute atomic E-state index is 0.122. The molecule has 1 amide bonds. The molecule has 1 aliphatic carbocycles. The second kappa shape index (κ2) is 7.69. The molecule has 1 aromatic carbocycles. The molecule has 0 bridgehead atoms. The Kier molecular flexibility index (Phi) is 5.61. The number of benzene rings is 1. The van der Waals surface area contributed by atoms with Gasteiger partial charge in [-0.05, 0) is 43.0 Å². The zero-order valence-corrected chi connectivity index (χ0v) is 16.4. The Labute approximate surface area is 166 Å². The van der Waals surface area contributed by atoms with Gasteiger partial charge in [-0.1, -0.05) is 19.8 Å². The molecule has 29 heavy (non-hydrogen) atoms. The van der Waals surface area contributed by atoms with Crippen molar-refractivity contribution in [2.24, 2.45) is 11.7 Å². The highest BCUT2D eigenvalue weighted by Gasteiger charge is 2.46. The van der Waals surface area contributed by atoms with Gasteiger partial charge in [0.2, 0.25) is 0 Å². The summed E-state index contributed by atoms with van der Waals surface area (Å²) in [4.78, 5) is 10.9. The Hall–Kier alpha value is -2.56. The Morgan fingerprint density at radius 2 is 1.83 bits per heavy atom. The second-order valence-corrected chi connectivity index (χ2v) is 9.10. The molecule has 7 nitrogen and oxygen atoms in total. The number of sulfone groups is 1. The highest BCUT2D eigenvalue weighted by Crippen LogP contribution is 2.35. The first-order valence-electron chi connectivity index (χ1n) is 9.08. The number of alkyl halides is 3. The zero-order chi connectivity index (χ0) is 21.4. The molecule has 11 heteroatoms. The zero-order valence-electron chi connectivity index (χ0n) is 15.6. The highest BCUT2D eigenvalue weighted by molar-refractivity contribution is 7.92. The molecule has 3 rings (SSSR count). The lowest BCUT2D eigenvalue weighted by Crippen LogP contribution is -2.23. The lowest BCUT2D eigenvalue weighted by molar-refractivity contribution is -0.0436. The van der Waals surface area contributed by atoms with E-state index in [1.165, 1.54) is 12.1 Å². The molecule has 1 aliphatic rings. The van der Waals surface area contributed by atoms with Crippen molar-refractivity contribution in [2.45, 2.75) is 49.1 Å². The van der Waals surface area contributed by atoms with Crippen LogP contribution < -0.4 is 11.1 Å². The summed E-state index contributed by atoms with van der Waals surface area (Å²) in [5, 5.41) is 7.25. The predicted molar refractivity (Wildman–Crippen MR) is 100 cm³/mol. The predicted octanol–water partition coefficient (Wildman–Crippen LogP) is 3.77. The quantitative estimate of drug-likeness (QED) is 0.751. The van der Waals surface area contributed by atoms with Gasteiger partial charge in [-0.3, -0.25) is 9.48 Å². The number of aromatic nitrogens is 2. The van der Waals surface area contributed by atoms with E-state index in [0.717, 1.165) is 37.8 Å². The highest BCUT2D eigenvalue weighted by atomic mass is 32.2. The Balaban J connectivity index is 1.87. The average molecular weight is 430 g/mol. The van der Waals surface area contributed by atoms with Crippen molar-refractivity contribution >= 4 is 27.2 Å². The number of primary amides is 1. The fourth-order valence-electron chi connectivity index (χ4n) is 3.51. The van der Waals surface area contributed by atoms with Gasteiger partial charge in [0.05, 0.1) is 10.9 Å². The number of hydrogen-bond acceptors (Lipinski definition) is 5. The van der Waals surface area contributed by atoms with Gasteiger partial charge in [0.15, 0.2) is 5.82 Å². The third-order valence-corrected chi connectivity index (χ3v) is 6.64. The van der Waals surface area contributed by atoms with E-state index < -0.39 is 26.1 Å². The van der Waals surface area contributed by atoms with Crippen LogP contribution in [-0.2, 0) is 9.84 Å². The number of carbonyl (C=O) groups excluding carboxylic acids is 1. The van der Waals surface area contributed by atoms with Gasteiger partial charge in [0.25, 0.3) is 15.7 Å². The van der Waals surface area contributed by atoms with Crippen LogP contribution in [0.4, 0.5) is 24.7 Å². The molecule has 0 unspecified atom stereocenters. The summed E-state index contributed by atoms with van der Waals surface area (Å²) in [6, 6.07) is 4.15. The number of hydrogen-bond donors (Lipinski definition) is 2. The Morgan fingerprint density at radius 1 is 1.21 bits per heavy atom.